The molecule has 172 valence electrons. The van der Waals surface area contributed by atoms with Gasteiger partial charge in [-0.1, -0.05) is 77.9 Å². The van der Waals surface area contributed by atoms with Crippen molar-refractivity contribution in [2.45, 2.75) is 85.0 Å². The smallest absolute Gasteiger partial charge is 0.0708 e. The SMILES string of the molecule is CC(C)(C)c1c2c(nc3ccccc13)CCCC2.Cc1cnc2ccccc2c1C(C)(C)C. The van der Waals surface area contributed by atoms with Crippen molar-refractivity contribution in [3.05, 3.63) is 82.7 Å². The minimum absolute atomic E-state index is 0.173. The Morgan fingerprint density at radius 3 is 1.85 bits per heavy atom. The monoisotopic (exact) mass is 438 g/mol. The average molecular weight is 439 g/mol. The van der Waals surface area contributed by atoms with Crippen LogP contribution in [0.5, 0.6) is 0 Å². The standard InChI is InChI=1S/C17H21N.C14H17N/c1-17(2,3)16-12-8-4-6-10-14(12)18-15-11-7-5-9-13(15)16;1-10-9-15-12-8-6-5-7-11(12)13(10)14(2,3)4/h4,6,8,10H,5,7,9,11H2,1-3H3;5-9H,1-4H3. The van der Waals surface area contributed by atoms with Gasteiger partial charge in [-0.05, 0) is 77.8 Å². The van der Waals surface area contributed by atoms with Crippen molar-refractivity contribution in [3.63, 3.8) is 0 Å². The van der Waals surface area contributed by atoms with Gasteiger partial charge in [-0.25, -0.2) is 0 Å². The highest BCUT2D eigenvalue weighted by Gasteiger charge is 2.25. The van der Waals surface area contributed by atoms with Gasteiger partial charge < -0.3 is 0 Å². The van der Waals surface area contributed by atoms with Gasteiger partial charge in [0.1, 0.15) is 0 Å². The molecule has 2 aromatic heterocycles. The number of hydrogen-bond acceptors (Lipinski definition) is 2. The highest BCUT2D eigenvalue weighted by atomic mass is 14.7. The largest absolute Gasteiger partial charge is 0.256 e. The van der Waals surface area contributed by atoms with Crippen molar-refractivity contribution < 1.29 is 0 Å². The Balaban J connectivity index is 0.000000160. The summed E-state index contributed by atoms with van der Waals surface area (Å²) < 4.78 is 0. The second-order valence-electron chi connectivity index (χ2n) is 11.5. The van der Waals surface area contributed by atoms with Gasteiger partial charge in [0, 0.05) is 22.7 Å². The molecule has 0 saturated heterocycles. The van der Waals surface area contributed by atoms with E-state index < -0.39 is 0 Å². The van der Waals surface area contributed by atoms with Crippen LogP contribution in [0.1, 0.15) is 82.3 Å². The van der Waals surface area contributed by atoms with E-state index in [1.54, 1.807) is 0 Å². The minimum Gasteiger partial charge on any atom is -0.256 e. The number of hydrogen-bond donors (Lipinski definition) is 0. The highest BCUT2D eigenvalue weighted by molar-refractivity contribution is 5.85. The third-order valence-electron chi connectivity index (χ3n) is 6.63. The first-order chi connectivity index (χ1) is 15.6. The predicted molar refractivity (Wildman–Crippen MR) is 142 cm³/mol. The summed E-state index contributed by atoms with van der Waals surface area (Å²) in [5.41, 5.74) is 9.74. The van der Waals surface area contributed by atoms with E-state index in [2.05, 4.69) is 95.9 Å². The molecule has 0 atom stereocenters. The van der Waals surface area contributed by atoms with Crippen LogP contribution in [0.2, 0.25) is 0 Å². The van der Waals surface area contributed by atoms with Gasteiger partial charge >= 0.3 is 0 Å². The minimum atomic E-state index is 0.173. The van der Waals surface area contributed by atoms with Crippen molar-refractivity contribution in [1.29, 1.82) is 0 Å². The molecule has 0 unspecified atom stereocenters. The van der Waals surface area contributed by atoms with E-state index in [0.29, 0.717) is 0 Å². The van der Waals surface area contributed by atoms with Crippen LogP contribution in [0.4, 0.5) is 0 Å². The summed E-state index contributed by atoms with van der Waals surface area (Å²) >= 11 is 0. The average Bonchev–Trinajstić information content (AvgIpc) is 2.76. The molecule has 0 aliphatic heterocycles. The van der Waals surface area contributed by atoms with E-state index >= 15 is 0 Å². The molecule has 2 heteroatoms. The topological polar surface area (TPSA) is 25.8 Å². The third-order valence-corrected chi connectivity index (χ3v) is 6.63. The van der Waals surface area contributed by atoms with Gasteiger partial charge in [0.2, 0.25) is 0 Å². The molecule has 5 rings (SSSR count). The Kier molecular flexibility index (Phi) is 6.31. The molecule has 0 fully saturated rings. The first-order valence-corrected chi connectivity index (χ1v) is 12.3. The zero-order chi connectivity index (χ0) is 23.8. The van der Waals surface area contributed by atoms with Gasteiger partial charge in [-0.2, -0.15) is 0 Å². The van der Waals surface area contributed by atoms with Crippen molar-refractivity contribution in [3.8, 4) is 0 Å². The molecule has 2 nitrogen and oxygen atoms in total. The molecule has 2 heterocycles. The van der Waals surface area contributed by atoms with E-state index in [1.165, 1.54) is 63.5 Å². The second kappa shape index (κ2) is 8.89. The lowest BCUT2D eigenvalue weighted by atomic mass is 9.78. The van der Waals surface area contributed by atoms with E-state index in [-0.39, 0.29) is 10.8 Å². The van der Waals surface area contributed by atoms with Crippen LogP contribution in [0.3, 0.4) is 0 Å². The number of aromatic nitrogens is 2. The Labute approximate surface area is 199 Å². The van der Waals surface area contributed by atoms with Crippen LogP contribution in [-0.4, -0.2) is 9.97 Å². The fourth-order valence-corrected chi connectivity index (χ4v) is 5.47. The van der Waals surface area contributed by atoms with Crippen molar-refractivity contribution in [2.24, 2.45) is 0 Å². The van der Waals surface area contributed by atoms with Crippen LogP contribution in [0.15, 0.2) is 54.7 Å². The van der Waals surface area contributed by atoms with Crippen LogP contribution < -0.4 is 0 Å². The lowest BCUT2D eigenvalue weighted by Gasteiger charge is -2.28. The maximum Gasteiger partial charge on any atom is 0.0708 e. The molecule has 1 aliphatic carbocycles. The molecule has 2 aromatic carbocycles. The van der Waals surface area contributed by atoms with Crippen LogP contribution in [0, 0.1) is 6.92 Å². The fraction of sp³-hybridized carbons (Fsp3) is 0.419. The number of fused-ring (bicyclic) bond motifs is 3. The zero-order valence-corrected chi connectivity index (χ0v) is 21.4. The second-order valence-corrected chi connectivity index (χ2v) is 11.5. The number of pyridine rings is 2. The van der Waals surface area contributed by atoms with Crippen LogP contribution >= 0.6 is 0 Å². The zero-order valence-electron chi connectivity index (χ0n) is 21.4. The maximum atomic E-state index is 4.89. The van der Waals surface area contributed by atoms with Crippen LogP contribution in [-0.2, 0) is 23.7 Å². The summed E-state index contributed by atoms with van der Waals surface area (Å²) in [6.45, 7) is 15.9. The number of benzene rings is 2. The number of rotatable bonds is 0. The number of nitrogens with zero attached hydrogens (tertiary/aromatic N) is 2. The van der Waals surface area contributed by atoms with Crippen molar-refractivity contribution >= 4 is 21.8 Å². The molecule has 0 saturated carbocycles. The fourth-order valence-electron chi connectivity index (χ4n) is 5.47. The molecule has 0 amide bonds. The quantitative estimate of drug-likeness (QED) is 0.276. The van der Waals surface area contributed by atoms with Gasteiger partial charge in [0.05, 0.1) is 11.0 Å². The van der Waals surface area contributed by atoms with Crippen molar-refractivity contribution in [2.75, 3.05) is 0 Å². The summed E-state index contributed by atoms with van der Waals surface area (Å²) in [7, 11) is 0. The molecule has 1 aliphatic rings. The summed E-state index contributed by atoms with van der Waals surface area (Å²) in [6.07, 6.45) is 6.95. The highest BCUT2D eigenvalue weighted by Crippen LogP contribution is 2.37. The molecule has 4 aromatic rings. The van der Waals surface area contributed by atoms with E-state index in [1.807, 2.05) is 12.3 Å². The summed E-state index contributed by atoms with van der Waals surface area (Å²) in [5.74, 6) is 0. The summed E-state index contributed by atoms with van der Waals surface area (Å²) in [5, 5.41) is 2.63. The predicted octanol–water partition coefficient (Wildman–Crippen LogP) is 8.25. The number of para-hydroxylation sites is 2. The van der Waals surface area contributed by atoms with Gasteiger partial charge in [0.25, 0.3) is 0 Å². The summed E-state index contributed by atoms with van der Waals surface area (Å²) in [6, 6.07) is 17.0. The lowest BCUT2D eigenvalue weighted by molar-refractivity contribution is 0.570. The van der Waals surface area contributed by atoms with Crippen LogP contribution in [0.25, 0.3) is 21.8 Å². The Morgan fingerprint density at radius 1 is 0.667 bits per heavy atom. The summed E-state index contributed by atoms with van der Waals surface area (Å²) in [4.78, 5) is 9.34. The van der Waals surface area contributed by atoms with E-state index in [4.69, 9.17) is 4.98 Å². The first-order valence-electron chi connectivity index (χ1n) is 12.3. The molecule has 33 heavy (non-hydrogen) atoms. The lowest BCUT2D eigenvalue weighted by Crippen LogP contribution is -2.19. The molecular formula is C31H38N2. The Hall–Kier alpha value is -2.74. The Bertz CT molecular complexity index is 1290. The third kappa shape index (κ3) is 4.81. The molecule has 0 N–H and O–H groups in total. The Morgan fingerprint density at radius 2 is 1.21 bits per heavy atom. The molecule has 0 bridgehead atoms. The van der Waals surface area contributed by atoms with E-state index in [9.17, 15) is 0 Å². The first kappa shape index (κ1) is 23.4. The van der Waals surface area contributed by atoms with Gasteiger partial charge in [0.15, 0.2) is 0 Å². The molecule has 0 radical (unpaired) electrons. The van der Waals surface area contributed by atoms with Gasteiger partial charge in [-0.3, -0.25) is 9.97 Å². The van der Waals surface area contributed by atoms with E-state index in [0.717, 1.165) is 11.9 Å². The van der Waals surface area contributed by atoms with Crippen molar-refractivity contribution in [1.82, 2.24) is 9.97 Å². The molecular weight excluding hydrogens is 400 g/mol. The van der Waals surface area contributed by atoms with Gasteiger partial charge in [-0.15, -0.1) is 0 Å². The maximum absolute atomic E-state index is 4.89. The molecule has 0 spiro atoms. The normalized spacial score (nSPS) is 14.0. The number of aryl methyl sites for hydroxylation is 2.